The Kier molecular flexibility index (Phi) is 5.42. The first-order valence-corrected chi connectivity index (χ1v) is 9.65. The molecule has 4 unspecified atom stereocenters. The lowest BCUT2D eigenvalue weighted by Gasteiger charge is -2.41. The Morgan fingerprint density at radius 2 is 1.96 bits per heavy atom. The van der Waals surface area contributed by atoms with Crippen LogP contribution in [0.2, 0.25) is 5.02 Å². The fourth-order valence-electron chi connectivity index (χ4n) is 4.77. The van der Waals surface area contributed by atoms with Crippen LogP contribution >= 0.6 is 11.6 Å². The van der Waals surface area contributed by atoms with Crippen LogP contribution in [0.4, 0.5) is 5.69 Å². The van der Waals surface area contributed by atoms with Gasteiger partial charge in [0.2, 0.25) is 5.91 Å². The maximum Gasteiger partial charge on any atom is 0.227 e. The van der Waals surface area contributed by atoms with Crippen LogP contribution in [-0.2, 0) is 4.79 Å². The smallest absolute Gasteiger partial charge is 0.227 e. The van der Waals surface area contributed by atoms with Crippen LogP contribution in [0.5, 0.6) is 0 Å². The molecule has 2 fully saturated rings. The van der Waals surface area contributed by atoms with Crippen molar-refractivity contribution in [2.45, 2.75) is 71.2 Å². The molecule has 5 heteroatoms. The third-order valence-corrected chi connectivity index (χ3v) is 5.77. The molecule has 0 aromatic heterocycles. The number of nitrogens with one attached hydrogen (secondary N) is 1. The summed E-state index contributed by atoms with van der Waals surface area (Å²) >= 11 is 5.96. The Labute approximate surface area is 155 Å². The predicted octanol–water partition coefficient (Wildman–Crippen LogP) is 3.96. The Hall–Kier alpha value is -1.10. The van der Waals surface area contributed by atoms with Crippen LogP contribution in [0.25, 0.3) is 0 Å². The van der Waals surface area contributed by atoms with Crippen molar-refractivity contribution in [1.82, 2.24) is 5.32 Å². The van der Waals surface area contributed by atoms with Crippen LogP contribution in [0, 0.1) is 11.3 Å². The van der Waals surface area contributed by atoms with Gasteiger partial charge in [-0.05, 0) is 61.3 Å². The predicted molar refractivity (Wildman–Crippen MR) is 102 cm³/mol. The normalized spacial score (nSPS) is 30.5. The summed E-state index contributed by atoms with van der Waals surface area (Å²) in [4.78, 5) is 14.1. The molecule has 0 radical (unpaired) electrons. The van der Waals surface area contributed by atoms with Gasteiger partial charge in [0.15, 0.2) is 0 Å². The van der Waals surface area contributed by atoms with Crippen LogP contribution in [0.1, 0.15) is 52.9 Å². The first-order valence-electron chi connectivity index (χ1n) is 9.27. The minimum atomic E-state index is -0.715. The number of benzene rings is 1. The number of aliphatic hydroxyl groups is 1. The zero-order valence-corrected chi connectivity index (χ0v) is 16.1. The van der Waals surface area contributed by atoms with Crippen molar-refractivity contribution < 1.29 is 9.90 Å². The largest absolute Gasteiger partial charge is 0.376 e. The van der Waals surface area contributed by atoms with Crippen molar-refractivity contribution in [3.05, 3.63) is 29.3 Å². The minimum absolute atomic E-state index is 0.0607. The summed E-state index contributed by atoms with van der Waals surface area (Å²) < 4.78 is 0. The molecule has 2 N–H and O–H groups in total. The van der Waals surface area contributed by atoms with Crippen LogP contribution in [-0.4, -0.2) is 29.3 Å². The highest BCUT2D eigenvalue weighted by Gasteiger charge is 2.39. The monoisotopic (exact) mass is 364 g/mol. The second-order valence-electron chi connectivity index (χ2n) is 8.57. The summed E-state index contributed by atoms with van der Waals surface area (Å²) in [7, 11) is 0. The average molecular weight is 365 g/mol. The average Bonchev–Trinajstić information content (AvgIpc) is 2.88. The van der Waals surface area contributed by atoms with E-state index in [4.69, 9.17) is 11.6 Å². The first-order chi connectivity index (χ1) is 11.7. The van der Waals surface area contributed by atoms with E-state index in [0.29, 0.717) is 23.8 Å². The van der Waals surface area contributed by atoms with Crippen molar-refractivity contribution in [2.24, 2.45) is 11.3 Å². The third kappa shape index (κ3) is 4.36. The van der Waals surface area contributed by atoms with Gasteiger partial charge in [0.25, 0.3) is 0 Å². The van der Waals surface area contributed by atoms with Gasteiger partial charge >= 0.3 is 0 Å². The molecule has 138 valence electrons. The molecule has 0 bridgehead atoms. The van der Waals surface area contributed by atoms with Crippen LogP contribution < -0.4 is 10.2 Å². The molecule has 0 spiro atoms. The molecule has 1 aliphatic heterocycles. The molecule has 1 aromatic carbocycles. The number of rotatable bonds is 4. The van der Waals surface area contributed by atoms with Gasteiger partial charge in [-0.25, -0.2) is 0 Å². The van der Waals surface area contributed by atoms with Crippen molar-refractivity contribution in [3.8, 4) is 0 Å². The summed E-state index contributed by atoms with van der Waals surface area (Å²) in [6.45, 7) is 6.87. The van der Waals surface area contributed by atoms with E-state index in [2.05, 4.69) is 26.1 Å². The standard InChI is InChI=1S/C20H29ClN2O2/c1-13-10-15(12-20(2,3)11-13)22-19(25)17-8-9-18(24)23(17)16-6-4-14(21)5-7-16/h4-7,13,15,17,19,22,25H,8-12H2,1-3H3. The summed E-state index contributed by atoms with van der Waals surface area (Å²) in [6, 6.07) is 7.31. The number of hydrogen-bond acceptors (Lipinski definition) is 3. The Morgan fingerprint density at radius 1 is 1.28 bits per heavy atom. The van der Waals surface area contributed by atoms with E-state index in [9.17, 15) is 9.90 Å². The number of carbonyl (C=O) groups is 1. The van der Waals surface area contributed by atoms with Gasteiger partial charge in [-0.2, -0.15) is 0 Å². The lowest BCUT2D eigenvalue weighted by molar-refractivity contribution is -0.117. The molecule has 2 aliphatic rings. The quantitative estimate of drug-likeness (QED) is 0.795. The molecule has 1 amide bonds. The number of aliphatic hydroxyl groups excluding tert-OH is 1. The van der Waals surface area contributed by atoms with E-state index < -0.39 is 6.23 Å². The minimum Gasteiger partial charge on any atom is -0.376 e. The van der Waals surface area contributed by atoms with Gasteiger partial charge < -0.3 is 10.0 Å². The number of anilines is 1. The third-order valence-electron chi connectivity index (χ3n) is 5.52. The molecule has 1 aromatic rings. The van der Waals surface area contributed by atoms with Crippen molar-refractivity contribution in [2.75, 3.05) is 4.90 Å². The number of halogens is 1. The maximum absolute atomic E-state index is 12.4. The SMILES string of the molecule is CC1CC(NC(O)C2CCC(=O)N2c2ccc(Cl)cc2)CC(C)(C)C1. The summed E-state index contributed by atoms with van der Waals surface area (Å²) in [5.41, 5.74) is 1.09. The molecule has 1 saturated heterocycles. The number of nitrogens with zero attached hydrogens (tertiary/aromatic N) is 1. The van der Waals surface area contributed by atoms with E-state index >= 15 is 0 Å². The van der Waals surface area contributed by atoms with Gasteiger partial charge in [0.05, 0.1) is 6.04 Å². The van der Waals surface area contributed by atoms with Gasteiger partial charge in [-0.3, -0.25) is 10.1 Å². The second kappa shape index (κ2) is 7.26. The molecular formula is C20H29ClN2O2. The molecule has 3 rings (SSSR count). The highest BCUT2D eigenvalue weighted by Crippen LogP contribution is 2.39. The van der Waals surface area contributed by atoms with Crippen LogP contribution in [0.15, 0.2) is 24.3 Å². The second-order valence-corrected chi connectivity index (χ2v) is 9.00. The molecule has 4 nitrogen and oxygen atoms in total. The molecule has 1 saturated carbocycles. The van der Waals surface area contributed by atoms with Crippen molar-refractivity contribution >= 4 is 23.2 Å². The van der Waals surface area contributed by atoms with Crippen molar-refractivity contribution in [1.29, 1.82) is 0 Å². The first kappa shape index (κ1) is 18.7. The maximum atomic E-state index is 12.4. The van der Waals surface area contributed by atoms with Gasteiger partial charge in [0.1, 0.15) is 6.23 Å². The highest BCUT2D eigenvalue weighted by atomic mass is 35.5. The lowest BCUT2D eigenvalue weighted by Crippen LogP contribution is -2.53. The fourth-order valence-corrected chi connectivity index (χ4v) is 4.89. The fraction of sp³-hybridized carbons (Fsp3) is 0.650. The molecule has 25 heavy (non-hydrogen) atoms. The molecular weight excluding hydrogens is 336 g/mol. The topological polar surface area (TPSA) is 52.6 Å². The number of carbonyl (C=O) groups excluding carboxylic acids is 1. The van der Waals surface area contributed by atoms with Gasteiger partial charge in [0, 0.05) is 23.2 Å². The number of amides is 1. The molecule has 1 aliphatic carbocycles. The van der Waals surface area contributed by atoms with E-state index in [-0.39, 0.29) is 23.4 Å². The van der Waals surface area contributed by atoms with Gasteiger partial charge in [-0.1, -0.05) is 32.4 Å². The molecule has 1 heterocycles. The van der Waals surface area contributed by atoms with Gasteiger partial charge in [-0.15, -0.1) is 0 Å². The number of hydrogen-bond donors (Lipinski definition) is 2. The van der Waals surface area contributed by atoms with E-state index in [0.717, 1.165) is 18.5 Å². The van der Waals surface area contributed by atoms with E-state index in [1.165, 1.54) is 6.42 Å². The Morgan fingerprint density at radius 3 is 2.60 bits per heavy atom. The van der Waals surface area contributed by atoms with Crippen molar-refractivity contribution in [3.63, 3.8) is 0 Å². The highest BCUT2D eigenvalue weighted by molar-refractivity contribution is 6.30. The summed E-state index contributed by atoms with van der Waals surface area (Å²) in [5.74, 6) is 0.705. The summed E-state index contributed by atoms with van der Waals surface area (Å²) in [6.07, 6.45) is 3.77. The zero-order valence-electron chi connectivity index (χ0n) is 15.3. The zero-order chi connectivity index (χ0) is 18.2. The van der Waals surface area contributed by atoms with E-state index in [1.54, 1.807) is 17.0 Å². The van der Waals surface area contributed by atoms with Crippen LogP contribution in [0.3, 0.4) is 0 Å². The van der Waals surface area contributed by atoms with E-state index in [1.807, 2.05) is 12.1 Å². The Balaban J connectivity index is 1.71. The Bertz CT molecular complexity index is 617. The lowest BCUT2D eigenvalue weighted by atomic mass is 9.70. The molecule has 4 atom stereocenters. The summed E-state index contributed by atoms with van der Waals surface area (Å²) in [5, 5.41) is 14.9.